The molecule has 0 radical (unpaired) electrons. The lowest BCUT2D eigenvalue weighted by atomic mass is 10.2. The third-order valence-electron chi connectivity index (χ3n) is 2.04. The second-order valence-corrected chi connectivity index (χ2v) is 3.25. The standard InChI is InChI=1S/C10H13NO4/c1-6(10(14)15)11-5-7-2-3-8(12)4-9(7)13/h2-4,6,11-13H,5H2,1H3,(H,14,15). The van der Waals surface area contributed by atoms with E-state index < -0.39 is 12.0 Å². The summed E-state index contributed by atoms with van der Waals surface area (Å²) in [7, 11) is 0. The van der Waals surface area contributed by atoms with Gasteiger partial charge in [0.2, 0.25) is 0 Å². The van der Waals surface area contributed by atoms with Crippen molar-refractivity contribution in [3.63, 3.8) is 0 Å². The van der Waals surface area contributed by atoms with E-state index in [1.165, 1.54) is 25.1 Å². The summed E-state index contributed by atoms with van der Waals surface area (Å²) in [6.07, 6.45) is 0. The largest absolute Gasteiger partial charge is 0.508 e. The smallest absolute Gasteiger partial charge is 0.320 e. The molecule has 4 N–H and O–H groups in total. The summed E-state index contributed by atoms with van der Waals surface area (Å²) >= 11 is 0. The number of phenolic OH excluding ortho intramolecular Hbond substituents is 2. The lowest BCUT2D eigenvalue weighted by Crippen LogP contribution is -2.33. The van der Waals surface area contributed by atoms with Gasteiger partial charge in [0.1, 0.15) is 17.5 Å². The maximum atomic E-state index is 10.5. The molecule has 5 nitrogen and oxygen atoms in total. The van der Waals surface area contributed by atoms with Gasteiger partial charge in [0.25, 0.3) is 0 Å². The van der Waals surface area contributed by atoms with Crippen molar-refractivity contribution < 1.29 is 20.1 Å². The van der Waals surface area contributed by atoms with Gasteiger partial charge in [-0.3, -0.25) is 4.79 Å². The van der Waals surface area contributed by atoms with Gasteiger partial charge in [0.15, 0.2) is 0 Å². The molecule has 0 amide bonds. The zero-order chi connectivity index (χ0) is 11.4. The van der Waals surface area contributed by atoms with Crippen LogP contribution in [0.2, 0.25) is 0 Å². The third kappa shape index (κ3) is 3.14. The van der Waals surface area contributed by atoms with Gasteiger partial charge < -0.3 is 20.6 Å². The van der Waals surface area contributed by atoms with Crippen LogP contribution in [0.4, 0.5) is 0 Å². The lowest BCUT2D eigenvalue weighted by molar-refractivity contribution is -0.139. The van der Waals surface area contributed by atoms with Gasteiger partial charge in [-0.2, -0.15) is 0 Å². The molecule has 0 spiro atoms. The Morgan fingerprint density at radius 1 is 1.47 bits per heavy atom. The van der Waals surface area contributed by atoms with E-state index in [2.05, 4.69) is 5.32 Å². The molecule has 1 atom stereocenters. The monoisotopic (exact) mass is 211 g/mol. The summed E-state index contributed by atoms with van der Waals surface area (Å²) in [5.74, 6) is -1.03. The highest BCUT2D eigenvalue weighted by Gasteiger charge is 2.10. The molecule has 1 aromatic carbocycles. The number of phenols is 2. The van der Waals surface area contributed by atoms with Gasteiger partial charge in [-0.1, -0.05) is 6.07 Å². The van der Waals surface area contributed by atoms with Gasteiger partial charge >= 0.3 is 5.97 Å². The van der Waals surface area contributed by atoms with Crippen LogP contribution in [-0.2, 0) is 11.3 Å². The van der Waals surface area contributed by atoms with Crippen LogP contribution < -0.4 is 5.32 Å². The van der Waals surface area contributed by atoms with Crippen LogP contribution in [0.5, 0.6) is 11.5 Å². The highest BCUT2D eigenvalue weighted by molar-refractivity contribution is 5.72. The average Bonchev–Trinajstić information content (AvgIpc) is 2.15. The predicted molar refractivity (Wildman–Crippen MR) is 53.7 cm³/mol. The molecule has 82 valence electrons. The Labute approximate surface area is 87.0 Å². The van der Waals surface area contributed by atoms with Crippen LogP contribution in [-0.4, -0.2) is 27.3 Å². The number of hydrogen-bond acceptors (Lipinski definition) is 4. The SMILES string of the molecule is CC(NCc1ccc(O)cc1O)C(=O)O. The second-order valence-electron chi connectivity index (χ2n) is 3.25. The van der Waals surface area contributed by atoms with Crippen molar-refractivity contribution in [1.29, 1.82) is 0 Å². The fourth-order valence-corrected chi connectivity index (χ4v) is 1.05. The van der Waals surface area contributed by atoms with E-state index in [1.54, 1.807) is 0 Å². The van der Waals surface area contributed by atoms with Crippen molar-refractivity contribution >= 4 is 5.97 Å². The molecule has 1 unspecified atom stereocenters. The Balaban J connectivity index is 2.62. The number of hydrogen-bond donors (Lipinski definition) is 4. The molecular weight excluding hydrogens is 198 g/mol. The van der Waals surface area contributed by atoms with Crippen LogP contribution in [0.15, 0.2) is 18.2 Å². The van der Waals surface area contributed by atoms with Crippen molar-refractivity contribution in [1.82, 2.24) is 5.32 Å². The Hall–Kier alpha value is -1.75. The molecule has 1 rings (SSSR count). The first-order chi connectivity index (χ1) is 7.00. The molecule has 0 fully saturated rings. The molecule has 1 aromatic rings. The van der Waals surface area contributed by atoms with Gasteiger partial charge in [0.05, 0.1) is 0 Å². The number of rotatable bonds is 4. The van der Waals surface area contributed by atoms with Crippen LogP contribution in [0.25, 0.3) is 0 Å². The fourth-order valence-electron chi connectivity index (χ4n) is 1.05. The maximum Gasteiger partial charge on any atom is 0.320 e. The van der Waals surface area contributed by atoms with E-state index in [0.29, 0.717) is 5.56 Å². The molecule has 5 heteroatoms. The molecule has 0 saturated carbocycles. The van der Waals surface area contributed by atoms with Crippen molar-refractivity contribution in [2.45, 2.75) is 19.5 Å². The van der Waals surface area contributed by atoms with Crippen LogP contribution in [0, 0.1) is 0 Å². The Kier molecular flexibility index (Phi) is 3.51. The van der Waals surface area contributed by atoms with Gasteiger partial charge in [-0.05, 0) is 13.0 Å². The summed E-state index contributed by atoms with van der Waals surface area (Å²) in [4.78, 5) is 10.5. The van der Waals surface area contributed by atoms with Crippen molar-refractivity contribution in [2.75, 3.05) is 0 Å². The number of nitrogens with one attached hydrogen (secondary N) is 1. The maximum absolute atomic E-state index is 10.5. The van der Waals surface area contributed by atoms with E-state index in [-0.39, 0.29) is 18.0 Å². The Bertz CT molecular complexity index is 364. The quantitative estimate of drug-likeness (QED) is 0.587. The number of carboxylic acid groups (broad SMARTS) is 1. The lowest BCUT2D eigenvalue weighted by Gasteiger charge is -2.10. The van der Waals surface area contributed by atoms with Gasteiger partial charge in [-0.25, -0.2) is 0 Å². The molecule has 0 aliphatic carbocycles. The minimum atomic E-state index is -0.951. The highest BCUT2D eigenvalue weighted by atomic mass is 16.4. The first kappa shape index (κ1) is 11.3. The molecule has 0 bridgehead atoms. The predicted octanol–water partition coefficient (Wildman–Crippen LogP) is 0.661. The number of carboxylic acids is 1. The third-order valence-corrected chi connectivity index (χ3v) is 2.04. The van der Waals surface area contributed by atoms with E-state index in [1.807, 2.05) is 0 Å². The zero-order valence-electron chi connectivity index (χ0n) is 8.27. The fraction of sp³-hybridized carbons (Fsp3) is 0.300. The van der Waals surface area contributed by atoms with E-state index in [0.717, 1.165) is 0 Å². The molecule has 0 heterocycles. The van der Waals surface area contributed by atoms with Gasteiger partial charge in [-0.15, -0.1) is 0 Å². The van der Waals surface area contributed by atoms with E-state index >= 15 is 0 Å². The van der Waals surface area contributed by atoms with Crippen molar-refractivity contribution in [3.05, 3.63) is 23.8 Å². The van der Waals surface area contributed by atoms with Crippen molar-refractivity contribution in [3.8, 4) is 11.5 Å². The number of aliphatic carboxylic acids is 1. The summed E-state index contributed by atoms with van der Waals surface area (Å²) in [6.45, 7) is 1.75. The summed E-state index contributed by atoms with van der Waals surface area (Å²) in [5.41, 5.74) is 0.542. The minimum absolute atomic E-state index is 0.0254. The topological polar surface area (TPSA) is 89.8 Å². The van der Waals surface area contributed by atoms with E-state index in [9.17, 15) is 9.90 Å². The average molecular weight is 211 g/mol. The molecule has 15 heavy (non-hydrogen) atoms. The normalized spacial score (nSPS) is 12.3. The molecule has 0 aliphatic heterocycles. The minimum Gasteiger partial charge on any atom is -0.508 e. The highest BCUT2D eigenvalue weighted by Crippen LogP contribution is 2.22. The Morgan fingerprint density at radius 3 is 2.67 bits per heavy atom. The van der Waals surface area contributed by atoms with Gasteiger partial charge in [0, 0.05) is 18.2 Å². The summed E-state index contributed by atoms with van der Waals surface area (Å²) < 4.78 is 0. The summed E-state index contributed by atoms with van der Waals surface area (Å²) in [6, 6.07) is 3.50. The molecule has 0 saturated heterocycles. The first-order valence-corrected chi connectivity index (χ1v) is 4.47. The Morgan fingerprint density at radius 2 is 2.13 bits per heavy atom. The van der Waals surface area contributed by atoms with Crippen molar-refractivity contribution in [2.24, 2.45) is 0 Å². The molecule has 0 aliphatic rings. The van der Waals surface area contributed by atoms with Crippen LogP contribution >= 0.6 is 0 Å². The first-order valence-electron chi connectivity index (χ1n) is 4.47. The summed E-state index contributed by atoms with van der Waals surface area (Å²) in [5, 5.41) is 29.7. The molecular formula is C10H13NO4. The van der Waals surface area contributed by atoms with Crippen LogP contribution in [0.3, 0.4) is 0 Å². The number of aromatic hydroxyl groups is 2. The van der Waals surface area contributed by atoms with Crippen LogP contribution in [0.1, 0.15) is 12.5 Å². The number of benzene rings is 1. The zero-order valence-corrected chi connectivity index (χ0v) is 8.27. The number of carbonyl (C=O) groups is 1. The van der Waals surface area contributed by atoms with E-state index in [4.69, 9.17) is 10.2 Å². The second kappa shape index (κ2) is 4.65. The molecule has 0 aromatic heterocycles.